The van der Waals surface area contributed by atoms with E-state index in [1.54, 1.807) is 0 Å². The Bertz CT molecular complexity index is 199. The van der Waals surface area contributed by atoms with Crippen molar-refractivity contribution in [2.75, 3.05) is 39.5 Å². The Labute approximate surface area is 77.7 Å². The zero-order valence-electron chi connectivity index (χ0n) is 7.61. The van der Waals surface area contributed by atoms with E-state index < -0.39 is 0 Å². The molecule has 0 aromatic carbocycles. The molecule has 1 N–H and O–H groups in total. The maximum atomic E-state index is 8.87. The molecule has 1 saturated heterocycles. The van der Waals surface area contributed by atoms with Crippen LogP contribution in [0.2, 0.25) is 0 Å². The zero-order chi connectivity index (χ0) is 9.10. The van der Waals surface area contributed by atoms with Gasteiger partial charge in [0, 0.05) is 18.8 Å². The Kier molecular flexibility index (Phi) is 2.83. The third-order valence-corrected chi connectivity index (χ3v) is 2.42. The average molecular weight is 185 g/mol. The third kappa shape index (κ3) is 2.02. The Morgan fingerprint density at radius 1 is 1.46 bits per heavy atom. The van der Waals surface area contributed by atoms with Crippen LogP contribution >= 0.6 is 0 Å². The normalized spacial score (nSPS) is 29.2. The highest BCUT2D eigenvalue weighted by Gasteiger charge is 2.21. The number of nitrogens with zero attached hydrogens (tertiary/aromatic N) is 1. The number of hydrogen-bond acceptors (Lipinski definition) is 4. The van der Waals surface area contributed by atoms with Gasteiger partial charge in [-0.25, -0.2) is 0 Å². The van der Waals surface area contributed by atoms with Gasteiger partial charge in [-0.05, 0) is 6.08 Å². The fourth-order valence-corrected chi connectivity index (χ4v) is 1.66. The molecule has 2 rings (SSSR count). The summed E-state index contributed by atoms with van der Waals surface area (Å²) < 4.78 is 10.6. The van der Waals surface area contributed by atoms with Gasteiger partial charge >= 0.3 is 0 Å². The van der Waals surface area contributed by atoms with Crippen molar-refractivity contribution in [3.63, 3.8) is 0 Å². The molecule has 0 spiro atoms. The van der Waals surface area contributed by atoms with E-state index >= 15 is 0 Å². The molecule has 0 aliphatic carbocycles. The van der Waals surface area contributed by atoms with E-state index in [-0.39, 0.29) is 12.7 Å². The second-order valence-electron chi connectivity index (χ2n) is 3.29. The number of aliphatic hydroxyl groups is 1. The first-order chi connectivity index (χ1) is 6.40. The van der Waals surface area contributed by atoms with E-state index in [0.29, 0.717) is 6.61 Å². The summed E-state index contributed by atoms with van der Waals surface area (Å²) in [5, 5.41) is 8.87. The lowest BCUT2D eigenvalue weighted by Gasteiger charge is -2.29. The van der Waals surface area contributed by atoms with Crippen LogP contribution in [0.5, 0.6) is 0 Å². The third-order valence-electron chi connectivity index (χ3n) is 2.42. The quantitative estimate of drug-likeness (QED) is 0.635. The van der Waals surface area contributed by atoms with Crippen LogP contribution in [0.1, 0.15) is 0 Å². The van der Waals surface area contributed by atoms with E-state index in [0.717, 1.165) is 26.3 Å². The lowest BCUT2D eigenvalue weighted by molar-refractivity contribution is 0.0393. The zero-order valence-corrected chi connectivity index (χ0v) is 7.61. The van der Waals surface area contributed by atoms with Crippen molar-refractivity contribution in [3.05, 3.63) is 11.8 Å². The van der Waals surface area contributed by atoms with Crippen molar-refractivity contribution < 1.29 is 14.6 Å². The van der Waals surface area contributed by atoms with Crippen LogP contribution in [0.4, 0.5) is 0 Å². The monoisotopic (exact) mass is 185 g/mol. The van der Waals surface area contributed by atoms with E-state index in [1.807, 2.05) is 6.08 Å². The molecule has 0 aromatic rings. The Morgan fingerprint density at radius 3 is 2.85 bits per heavy atom. The van der Waals surface area contributed by atoms with Gasteiger partial charge in [-0.1, -0.05) is 0 Å². The lowest BCUT2D eigenvalue weighted by Crippen LogP contribution is -2.36. The molecule has 0 radical (unpaired) electrons. The molecule has 1 fully saturated rings. The molecule has 4 nitrogen and oxygen atoms in total. The lowest BCUT2D eigenvalue weighted by atomic mass is 10.3. The summed E-state index contributed by atoms with van der Waals surface area (Å²) in [6, 6.07) is 0. The minimum absolute atomic E-state index is 0.0772. The maximum absolute atomic E-state index is 8.87. The van der Waals surface area contributed by atoms with Gasteiger partial charge in [-0.2, -0.15) is 0 Å². The van der Waals surface area contributed by atoms with E-state index in [1.165, 1.54) is 5.70 Å². The van der Waals surface area contributed by atoms with Gasteiger partial charge in [0.25, 0.3) is 0 Å². The Hall–Kier alpha value is -0.580. The smallest absolute Gasteiger partial charge is 0.101 e. The summed E-state index contributed by atoms with van der Waals surface area (Å²) in [5.74, 6) is 0. The number of rotatable bonds is 2. The topological polar surface area (TPSA) is 41.9 Å². The predicted octanol–water partition coefficient (Wildman–Crippen LogP) is -0.406. The van der Waals surface area contributed by atoms with Gasteiger partial charge in [0.2, 0.25) is 0 Å². The minimum Gasteiger partial charge on any atom is -0.393 e. The molecular formula is C9H15NO3. The van der Waals surface area contributed by atoms with Crippen LogP contribution in [-0.2, 0) is 9.47 Å². The SMILES string of the molecule is OC[C@@H]1C=C(N2CCOCC2)CO1. The summed E-state index contributed by atoms with van der Waals surface area (Å²) in [6.07, 6.45) is 1.91. The summed E-state index contributed by atoms with van der Waals surface area (Å²) in [7, 11) is 0. The molecule has 74 valence electrons. The van der Waals surface area contributed by atoms with Crippen LogP contribution in [-0.4, -0.2) is 55.6 Å². The van der Waals surface area contributed by atoms with Gasteiger partial charge in [0.05, 0.1) is 26.4 Å². The number of hydrogen-bond donors (Lipinski definition) is 1. The van der Waals surface area contributed by atoms with Crippen molar-refractivity contribution in [1.82, 2.24) is 4.90 Å². The van der Waals surface area contributed by atoms with E-state index in [2.05, 4.69) is 4.90 Å². The van der Waals surface area contributed by atoms with Crippen LogP contribution < -0.4 is 0 Å². The van der Waals surface area contributed by atoms with Crippen LogP contribution in [0, 0.1) is 0 Å². The molecule has 2 aliphatic rings. The molecule has 2 aliphatic heterocycles. The van der Waals surface area contributed by atoms with Gasteiger partial charge in [-0.3, -0.25) is 0 Å². The van der Waals surface area contributed by atoms with Crippen LogP contribution in [0.3, 0.4) is 0 Å². The fourth-order valence-electron chi connectivity index (χ4n) is 1.66. The first-order valence-electron chi connectivity index (χ1n) is 4.66. The van der Waals surface area contributed by atoms with Crippen molar-refractivity contribution >= 4 is 0 Å². The molecule has 2 heterocycles. The molecule has 0 bridgehead atoms. The first kappa shape index (κ1) is 8.99. The molecule has 13 heavy (non-hydrogen) atoms. The molecule has 0 amide bonds. The number of ether oxygens (including phenoxy) is 2. The fraction of sp³-hybridized carbons (Fsp3) is 0.778. The van der Waals surface area contributed by atoms with E-state index in [9.17, 15) is 0 Å². The summed E-state index contributed by atoms with van der Waals surface area (Å²) in [6.45, 7) is 4.17. The molecular weight excluding hydrogens is 170 g/mol. The Balaban J connectivity index is 1.92. The van der Waals surface area contributed by atoms with Gasteiger partial charge in [0.1, 0.15) is 6.10 Å². The molecule has 1 atom stereocenters. The van der Waals surface area contributed by atoms with Crippen molar-refractivity contribution in [2.45, 2.75) is 6.10 Å². The average Bonchev–Trinajstić information content (AvgIpc) is 2.67. The van der Waals surface area contributed by atoms with Gasteiger partial charge in [-0.15, -0.1) is 0 Å². The number of morpholine rings is 1. The van der Waals surface area contributed by atoms with Gasteiger partial charge in [0.15, 0.2) is 0 Å². The highest BCUT2D eigenvalue weighted by molar-refractivity contribution is 5.10. The van der Waals surface area contributed by atoms with Crippen molar-refractivity contribution in [3.8, 4) is 0 Å². The standard InChI is InChI=1S/C9H15NO3/c11-6-9-5-8(7-13-9)10-1-3-12-4-2-10/h5,9,11H,1-4,6-7H2/t9-/m0/s1. The highest BCUT2D eigenvalue weighted by Crippen LogP contribution is 2.16. The highest BCUT2D eigenvalue weighted by atomic mass is 16.5. The maximum Gasteiger partial charge on any atom is 0.101 e. The van der Waals surface area contributed by atoms with Crippen LogP contribution in [0.25, 0.3) is 0 Å². The summed E-state index contributed by atoms with van der Waals surface area (Å²) >= 11 is 0. The largest absolute Gasteiger partial charge is 0.393 e. The molecule has 0 aromatic heterocycles. The minimum atomic E-state index is -0.0992. The predicted molar refractivity (Wildman–Crippen MR) is 47.3 cm³/mol. The second-order valence-corrected chi connectivity index (χ2v) is 3.29. The second kappa shape index (κ2) is 4.09. The molecule has 4 heteroatoms. The molecule has 0 saturated carbocycles. The number of aliphatic hydroxyl groups excluding tert-OH is 1. The Morgan fingerprint density at radius 2 is 2.23 bits per heavy atom. The van der Waals surface area contributed by atoms with Crippen LogP contribution in [0.15, 0.2) is 11.8 Å². The first-order valence-corrected chi connectivity index (χ1v) is 4.66. The summed E-state index contributed by atoms with van der Waals surface area (Å²) in [5.41, 5.74) is 1.20. The van der Waals surface area contributed by atoms with Gasteiger partial charge < -0.3 is 19.5 Å². The van der Waals surface area contributed by atoms with Crippen molar-refractivity contribution in [1.29, 1.82) is 0 Å². The van der Waals surface area contributed by atoms with Crippen molar-refractivity contribution in [2.24, 2.45) is 0 Å². The summed E-state index contributed by atoms with van der Waals surface area (Å²) in [4.78, 5) is 2.26. The molecule has 0 unspecified atom stereocenters. The van der Waals surface area contributed by atoms with E-state index in [4.69, 9.17) is 14.6 Å².